The summed E-state index contributed by atoms with van der Waals surface area (Å²) in [7, 11) is 0. The number of hydrogen-bond acceptors (Lipinski definition) is 2. The van der Waals surface area contributed by atoms with Gasteiger partial charge in [-0.05, 0) is 24.1 Å². The summed E-state index contributed by atoms with van der Waals surface area (Å²) in [6.07, 6.45) is 0.143. The van der Waals surface area contributed by atoms with Gasteiger partial charge in [0.05, 0.1) is 11.0 Å². The predicted octanol–water partition coefficient (Wildman–Crippen LogP) is 3.53. The first-order chi connectivity index (χ1) is 9.79. The van der Waals surface area contributed by atoms with Gasteiger partial charge < -0.3 is 9.67 Å². The van der Waals surface area contributed by atoms with Crippen LogP contribution in [0.5, 0.6) is 0 Å². The summed E-state index contributed by atoms with van der Waals surface area (Å²) in [5.41, 5.74) is 3.21. The first kappa shape index (κ1) is 12.9. The number of fused-ring (bicyclic) bond motifs is 1. The van der Waals surface area contributed by atoms with Crippen LogP contribution in [0.3, 0.4) is 0 Å². The summed E-state index contributed by atoms with van der Waals surface area (Å²) in [6.45, 7) is 2.70. The summed E-state index contributed by atoms with van der Waals surface area (Å²) in [5, 5.41) is 10.2. The van der Waals surface area contributed by atoms with Gasteiger partial charge in [-0.1, -0.05) is 49.4 Å². The zero-order chi connectivity index (χ0) is 13.9. The van der Waals surface area contributed by atoms with E-state index >= 15 is 0 Å². The maximum Gasteiger partial charge on any atom is 0.139 e. The Labute approximate surface area is 118 Å². The van der Waals surface area contributed by atoms with Crippen molar-refractivity contribution in [3.05, 3.63) is 66.0 Å². The van der Waals surface area contributed by atoms with Gasteiger partial charge in [0.2, 0.25) is 0 Å². The van der Waals surface area contributed by atoms with Crippen LogP contribution in [0.1, 0.15) is 30.8 Å². The van der Waals surface area contributed by atoms with Gasteiger partial charge >= 0.3 is 0 Å². The van der Waals surface area contributed by atoms with Crippen LogP contribution in [-0.4, -0.2) is 14.7 Å². The number of benzene rings is 2. The highest BCUT2D eigenvalue weighted by atomic mass is 16.3. The Kier molecular flexibility index (Phi) is 3.52. The Morgan fingerprint density at radius 2 is 1.75 bits per heavy atom. The molecule has 0 saturated heterocycles. The molecule has 0 aliphatic rings. The molecular formula is C17H18N2O. The Hall–Kier alpha value is -2.13. The molecule has 0 bridgehead atoms. The van der Waals surface area contributed by atoms with E-state index in [0.29, 0.717) is 6.42 Å². The molecule has 3 rings (SSSR count). The third-order valence-electron chi connectivity index (χ3n) is 3.55. The van der Waals surface area contributed by atoms with E-state index in [-0.39, 0.29) is 0 Å². The molecule has 1 N–H and O–H groups in total. The fourth-order valence-electron chi connectivity index (χ4n) is 2.46. The van der Waals surface area contributed by atoms with E-state index in [4.69, 9.17) is 0 Å². The normalized spacial score (nSPS) is 12.7. The molecule has 0 unspecified atom stereocenters. The lowest BCUT2D eigenvalue weighted by atomic mass is 10.2. The average Bonchev–Trinajstić information content (AvgIpc) is 2.86. The fourth-order valence-corrected chi connectivity index (χ4v) is 2.46. The monoisotopic (exact) mass is 266 g/mol. The topological polar surface area (TPSA) is 38.1 Å². The predicted molar refractivity (Wildman–Crippen MR) is 80.5 cm³/mol. The number of imidazole rings is 1. The van der Waals surface area contributed by atoms with Gasteiger partial charge in [-0.15, -0.1) is 0 Å². The number of aliphatic hydroxyl groups excluding tert-OH is 1. The third-order valence-corrected chi connectivity index (χ3v) is 3.55. The minimum atomic E-state index is -0.522. The van der Waals surface area contributed by atoms with Crippen LogP contribution in [0, 0.1) is 0 Å². The standard InChI is InChI=1S/C17H18N2O/c1-2-16(20)17-18-14-10-6-7-11-15(14)19(17)12-13-8-4-3-5-9-13/h3-11,16,20H,2,12H2,1H3/t16-/m1/s1. The second-order valence-electron chi connectivity index (χ2n) is 4.95. The maximum absolute atomic E-state index is 10.2. The summed E-state index contributed by atoms with van der Waals surface area (Å²) in [4.78, 5) is 4.59. The second-order valence-corrected chi connectivity index (χ2v) is 4.95. The van der Waals surface area contributed by atoms with E-state index in [9.17, 15) is 5.11 Å². The van der Waals surface area contributed by atoms with Gasteiger partial charge in [0, 0.05) is 6.54 Å². The molecule has 0 aliphatic heterocycles. The smallest absolute Gasteiger partial charge is 0.139 e. The number of hydrogen-bond donors (Lipinski definition) is 1. The van der Waals surface area contributed by atoms with Gasteiger partial charge in [0.1, 0.15) is 11.9 Å². The lowest BCUT2D eigenvalue weighted by molar-refractivity contribution is 0.160. The van der Waals surface area contributed by atoms with Crippen molar-refractivity contribution in [1.29, 1.82) is 0 Å². The van der Waals surface area contributed by atoms with Crippen LogP contribution in [0.25, 0.3) is 11.0 Å². The number of aromatic nitrogens is 2. The fraction of sp³-hybridized carbons (Fsp3) is 0.235. The van der Waals surface area contributed by atoms with Crippen LogP contribution >= 0.6 is 0 Å². The van der Waals surface area contributed by atoms with Crippen molar-refractivity contribution < 1.29 is 5.11 Å². The molecule has 0 aliphatic carbocycles. The highest BCUT2D eigenvalue weighted by molar-refractivity contribution is 5.76. The van der Waals surface area contributed by atoms with Crippen molar-refractivity contribution in [2.75, 3.05) is 0 Å². The van der Waals surface area contributed by atoms with Crippen LogP contribution in [0.2, 0.25) is 0 Å². The Morgan fingerprint density at radius 3 is 2.50 bits per heavy atom. The number of para-hydroxylation sites is 2. The van der Waals surface area contributed by atoms with Gasteiger partial charge in [-0.25, -0.2) is 4.98 Å². The van der Waals surface area contributed by atoms with Crippen molar-refractivity contribution >= 4 is 11.0 Å². The molecule has 1 aromatic heterocycles. The van der Waals surface area contributed by atoms with Crippen molar-refractivity contribution in [3.8, 4) is 0 Å². The third kappa shape index (κ3) is 2.32. The minimum Gasteiger partial charge on any atom is -0.385 e. The molecule has 2 aromatic carbocycles. The summed E-state index contributed by atoms with van der Waals surface area (Å²) in [6, 6.07) is 18.3. The van der Waals surface area contributed by atoms with E-state index in [0.717, 1.165) is 23.4 Å². The van der Waals surface area contributed by atoms with Crippen LogP contribution < -0.4 is 0 Å². The van der Waals surface area contributed by atoms with Gasteiger partial charge in [-0.2, -0.15) is 0 Å². The van der Waals surface area contributed by atoms with E-state index in [1.54, 1.807) is 0 Å². The lowest BCUT2D eigenvalue weighted by Gasteiger charge is -2.12. The zero-order valence-electron chi connectivity index (χ0n) is 11.5. The number of nitrogens with zero attached hydrogens (tertiary/aromatic N) is 2. The average molecular weight is 266 g/mol. The van der Waals surface area contributed by atoms with Gasteiger partial charge in [-0.3, -0.25) is 0 Å². The van der Waals surface area contributed by atoms with Crippen LogP contribution in [-0.2, 0) is 6.54 Å². The molecule has 3 nitrogen and oxygen atoms in total. The zero-order valence-corrected chi connectivity index (χ0v) is 11.5. The molecule has 20 heavy (non-hydrogen) atoms. The van der Waals surface area contributed by atoms with E-state index in [2.05, 4.69) is 27.8 Å². The van der Waals surface area contributed by atoms with Crippen molar-refractivity contribution in [1.82, 2.24) is 9.55 Å². The molecule has 0 amide bonds. The molecule has 102 valence electrons. The molecule has 0 radical (unpaired) electrons. The summed E-state index contributed by atoms with van der Waals surface area (Å²) >= 11 is 0. The van der Waals surface area contributed by atoms with Gasteiger partial charge in [0.25, 0.3) is 0 Å². The molecular weight excluding hydrogens is 248 g/mol. The second kappa shape index (κ2) is 5.47. The highest BCUT2D eigenvalue weighted by Crippen LogP contribution is 2.23. The molecule has 0 fully saturated rings. The van der Waals surface area contributed by atoms with E-state index in [1.807, 2.05) is 43.3 Å². The maximum atomic E-state index is 10.2. The van der Waals surface area contributed by atoms with Crippen molar-refractivity contribution in [2.24, 2.45) is 0 Å². The summed E-state index contributed by atoms with van der Waals surface area (Å²) < 4.78 is 2.11. The molecule has 3 aromatic rings. The molecule has 0 saturated carbocycles. The quantitative estimate of drug-likeness (QED) is 0.784. The highest BCUT2D eigenvalue weighted by Gasteiger charge is 2.16. The van der Waals surface area contributed by atoms with Crippen LogP contribution in [0.4, 0.5) is 0 Å². The largest absolute Gasteiger partial charge is 0.385 e. The lowest BCUT2D eigenvalue weighted by Crippen LogP contribution is -2.09. The molecule has 3 heteroatoms. The molecule has 1 atom stereocenters. The summed E-state index contributed by atoms with van der Waals surface area (Å²) in [5.74, 6) is 0.748. The first-order valence-electron chi connectivity index (χ1n) is 6.96. The van der Waals surface area contributed by atoms with E-state index < -0.39 is 6.10 Å². The SMILES string of the molecule is CC[C@@H](O)c1nc2ccccc2n1Cc1ccccc1. The van der Waals surface area contributed by atoms with Crippen molar-refractivity contribution in [2.45, 2.75) is 26.0 Å². The van der Waals surface area contributed by atoms with E-state index in [1.165, 1.54) is 5.56 Å². The molecule has 0 spiro atoms. The number of rotatable bonds is 4. The van der Waals surface area contributed by atoms with Crippen molar-refractivity contribution in [3.63, 3.8) is 0 Å². The first-order valence-corrected chi connectivity index (χ1v) is 6.96. The Morgan fingerprint density at radius 1 is 1.05 bits per heavy atom. The van der Waals surface area contributed by atoms with Gasteiger partial charge in [0.15, 0.2) is 0 Å². The number of aliphatic hydroxyl groups is 1. The van der Waals surface area contributed by atoms with Crippen LogP contribution in [0.15, 0.2) is 54.6 Å². The molecule has 1 heterocycles. The Bertz CT molecular complexity index is 703. The Balaban J connectivity index is 2.11. The minimum absolute atomic E-state index is 0.522.